The third-order valence-electron chi connectivity index (χ3n) is 5.54. The van der Waals surface area contributed by atoms with E-state index in [4.69, 9.17) is 0 Å². The molecule has 1 amide bonds. The molecule has 2 aromatic rings. The Morgan fingerprint density at radius 3 is 2.18 bits per heavy atom. The molecule has 148 valence electrons. The molecule has 1 saturated carbocycles. The van der Waals surface area contributed by atoms with E-state index >= 15 is 0 Å². The zero-order valence-corrected chi connectivity index (χ0v) is 17.3. The second kappa shape index (κ2) is 7.92. The Labute approximate surface area is 168 Å². The van der Waals surface area contributed by atoms with Gasteiger partial charge in [0.15, 0.2) is 0 Å². The second-order valence-corrected chi connectivity index (χ2v) is 9.02. The molecule has 3 rings (SSSR count). The molecule has 0 aliphatic heterocycles. The van der Waals surface area contributed by atoms with E-state index in [1.807, 2.05) is 76.2 Å². The van der Waals surface area contributed by atoms with Crippen LogP contribution in [0.2, 0.25) is 0 Å². The van der Waals surface area contributed by atoms with Crippen LogP contribution >= 0.6 is 0 Å². The van der Waals surface area contributed by atoms with Crippen molar-refractivity contribution in [2.24, 2.45) is 5.41 Å². The van der Waals surface area contributed by atoms with Crippen LogP contribution in [0.15, 0.2) is 66.2 Å². The van der Waals surface area contributed by atoms with Gasteiger partial charge in [0.05, 0.1) is 5.60 Å². The van der Waals surface area contributed by atoms with E-state index < -0.39 is 11.0 Å². The molecule has 0 unspecified atom stereocenters. The summed E-state index contributed by atoms with van der Waals surface area (Å²) in [5.41, 5.74) is 2.65. The van der Waals surface area contributed by atoms with Crippen LogP contribution < -0.4 is 5.32 Å². The van der Waals surface area contributed by atoms with Crippen molar-refractivity contribution >= 4 is 11.6 Å². The number of amides is 1. The van der Waals surface area contributed by atoms with Crippen LogP contribution in [0.25, 0.3) is 5.70 Å². The molecule has 3 nitrogen and oxygen atoms in total. The highest BCUT2D eigenvalue weighted by atomic mass is 16.3. The average molecular weight is 378 g/mol. The fraction of sp³-hybridized carbons (Fsp3) is 0.400. The smallest absolute Gasteiger partial charge is 0.229 e. The third kappa shape index (κ3) is 4.36. The van der Waals surface area contributed by atoms with Gasteiger partial charge in [0.2, 0.25) is 5.91 Å². The van der Waals surface area contributed by atoms with E-state index in [-0.39, 0.29) is 11.8 Å². The van der Waals surface area contributed by atoms with Gasteiger partial charge < -0.3 is 10.4 Å². The molecule has 28 heavy (non-hydrogen) atoms. The van der Waals surface area contributed by atoms with Crippen molar-refractivity contribution in [1.29, 1.82) is 0 Å². The first kappa shape index (κ1) is 20.3. The summed E-state index contributed by atoms with van der Waals surface area (Å²) in [6.45, 7) is 7.67. The largest absolute Gasteiger partial charge is 0.389 e. The van der Waals surface area contributed by atoms with Gasteiger partial charge in [0, 0.05) is 17.0 Å². The second-order valence-electron chi connectivity index (χ2n) is 9.02. The fourth-order valence-electron chi connectivity index (χ4n) is 4.02. The van der Waals surface area contributed by atoms with Gasteiger partial charge in [-0.1, -0.05) is 81.4 Å². The van der Waals surface area contributed by atoms with E-state index in [0.717, 1.165) is 41.7 Å². The number of aliphatic hydroxyl groups is 1. The number of carbonyl (C=O) groups excluding carboxylic acids is 1. The van der Waals surface area contributed by atoms with Crippen molar-refractivity contribution in [3.8, 4) is 0 Å². The van der Waals surface area contributed by atoms with Gasteiger partial charge in [-0.2, -0.15) is 0 Å². The normalized spacial score (nSPS) is 24.5. The highest BCUT2D eigenvalue weighted by molar-refractivity contribution is 5.91. The lowest BCUT2D eigenvalue weighted by Crippen LogP contribution is -2.40. The Hall–Kier alpha value is -2.39. The molecule has 0 spiro atoms. The quantitative estimate of drug-likeness (QED) is 0.765. The van der Waals surface area contributed by atoms with Gasteiger partial charge >= 0.3 is 0 Å². The van der Waals surface area contributed by atoms with Crippen LogP contribution in [0, 0.1) is 5.41 Å². The molecule has 3 heteroatoms. The molecule has 2 N–H and O–H groups in total. The molecule has 2 aromatic carbocycles. The van der Waals surface area contributed by atoms with E-state index in [0.29, 0.717) is 0 Å². The van der Waals surface area contributed by atoms with Gasteiger partial charge in [0.1, 0.15) is 0 Å². The molecule has 0 bridgehead atoms. The minimum atomic E-state index is -0.860. The Morgan fingerprint density at radius 1 is 1.04 bits per heavy atom. The van der Waals surface area contributed by atoms with Crippen molar-refractivity contribution in [2.45, 2.75) is 58.5 Å². The Morgan fingerprint density at radius 2 is 1.61 bits per heavy atom. The summed E-state index contributed by atoms with van der Waals surface area (Å²) in [6, 6.07) is 20.1. The summed E-state index contributed by atoms with van der Waals surface area (Å²) in [7, 11) is 0. The van der Waals surface area contributed by atoms with Gasteiger partial charge in [-0.25, -0.2) is 0 Å². The average Bonchev–Trinajstić information content (AvgIpc) is 2.65. The lowest BCUT2D eigenvalue weighted by molar-refractivity contribution is -0.127. The van der Waals surface area contributed by atoms with Gasteiger partial charge in [-0.3, -0.25) is 4.79 Å². The summed E-state index contributed by atoms with van der Waals surface area (Å²) < 4.78 is 0. The first-order valence-corrected chi connectivity index (χ1v) is 10.1. The van der Waals surface area contributed by atoms with Crippen molar-refractivity contribution in [2.75, 3.05) is 0 Å². The predicted molar refractivity (Wildman–Crippen MR) is 115 cm³/mol. The Bertz CT molecular complexity index is 845. The van der Waals surface area contributed by atoms with E-state index in [9.17, 15) is 9.90 Å². The first-order chi connectivity index (χ1) is 13.2. The zero-order valence-electron chi connectivity index (χ0n) is 17.3. The molecule has 0 radical (unpaired) electrons. The van der Waals surface area contributed by atoms with Crippen molar-refractivity contribution in [3.05, 3.63) is 77.4 Å². The van der Waals surface area contributed by atoms with Crippen molar-refractivity contribution in [1.82, 2.24) is 5.32 Å². The SMILES string of the molecule is CC(C)(C)C(=O)N/C(=C1/CCC[C@](C)(O)[C@@H]1c1ccccc1)c1ccccc1. The first-order valence-electron chi connectivity index (χ1n) is 10.1. The highest BCUT2D eigenvalue weighted by Crippen LogP contribution is 2.46. The number of hydrogen-bond acceptors (Lipinski definition) is 2. The van der Waals surface area contributed by atoms with Gasteiger partial charge in [-0.15, -0.1) is 0 Å². The van der Waals surface area contributed by atoms with Crippen LogP contribution in [-0.2, 0) is 4.79 Å². The minimum Gasteiger partial charge on any atom is -0.389 e. The summed E-state index contributed by atoms with van der Waals surface area (Å²) >= 11 is 0. The van der Waals surface area contributed by atoms with Crippen LogP contribution in [0.1, 0.15) is 64.0 Å². The summed E-state index contributed by atoms with van der Waals surface area (Å²) in [4.78, 5) is 12.9. The maximum Gasteiger partial charge on any atom is 0.229 e. The van der Waals surface area contributed by atoms with Crippen LogP contribution in [0.4, 0.5) is 0 Å². The maximum absolute atomic E-state index is 12.9. The van der Waals surface area contributed by atoms with Crippen LogP contribution in [0.5, 0.6) is 0 Å². The lowest BCUT2D eigenvalue weighted by Gasteiger charge is -2.41. The topological polar surface area (TPSA) is 49.3 Å². The number of hydrogen-bond donors (Lipinski definition) is 2. The van der Waals surface area contributed by atoms with Crippen LogP contribution in [-0.4, -0.2) is 16.6 Å². The molecular weight excluding hydrogens is 346 g/mol. The molecule has 0 aromatic heterocycles. The maximum atomic E-state index is 12.9. The molecule has 1 aliphatic carbocycles. The number of nitrogens with one attached hydrogen (secondary N) is 1. The molecule has 1 fully saturated rings. The third-order valence-corrected chi connectivity index (χ3v) is 5.54. The zero-order chi connectivity index (χ0) is 20.4. The van der Waals surface area contributed by atoms with E-state index in [2.05, 4.69) is 17.4 Å². The number of benzene rings is 2. The standard InChI is InChI=1S/C25H31NO2/c1-24(2,3)23(27)26-22(19-14-9-6-10-15-19)20-16-11-17-25(4,28)21(20)18-12-7-5-8-13-18/h5-10,12-15,21,28H,11,16-17H2,1-4H3,(H,26,27)/b22-20-/t21-,25+/m1/s1. The summed E-state index contributed by atoms with van der Waals surface area (Å²) in [5, 5.41) is 14.5. The molecule has 2 atom stereocenters. The number of rotatable bonds is 3. The minimum absolute atomic E-state index is 0.0177. The number of carbonyl (C=O) groups is 1. The molecular formula is C25H31NO2. The Kier molecular flexibility index (Phi) is 5.76. The molecule has 1 aliphatic rings. The van der Waals surface area contributed by atoms with Crippen LogP contribution in [0.3, 0.4) is 0 Å². The van der Waals surface area contributed by atoms with Crippen molar-refractivity contribution in [3.63, 3.8) is 0 Å². The summed E-state index contributed by atoms with van der Waals surface area (Å²) in [5.74, 6) is -0.172. The van der Waals surface area contributed by atoms with Crippen molar-refractivity contribution < 1.29 is 9.90 Å². The summed E-state index contributed by atoms with van der Waals surface area (Å²) in [6.07, 6.45) is 2.49. The van der Waals surface area contributed by atoms with Gasteiger partial charge in [-0.05, 0) is 42.9 Å². The lowest BCUT2D eigenvalue weighted by atomic mass is 9.69. The molecule has 0 saturated heterocycles. The Balaban J connectivity index is 2.19. The molecule has 0 heterocycles. The highest BCUT2D eigenvalue weighted by Gasteiger charge is 2.40. The van der Waals surface area contributed by atoms with Gasteiger partial charge in [0.25, 0.3) is 0 Å². The predicted octanol–water partition coefficient (Wildman–Crippen LogP) is 5.28. The van der Waals surface area contributed by atoms with E-state index in [1.165, 1.54) is 0 Å². The monoisotopic (exact) mass is 377 g/mol. The van der Waals surface area contributed by atoms with E-state index in [1.54, 1.807) is 0 Å². The fourth-order valence-corrected chi connectivity index (χ4v) is 4.02.